The summed E-state index contributed by atoms with van der Waals surface area (Å²) < 4.78 is 8.18. The molecule has 1 N–H and O–H groups in total. The van der Waals surface area contributed by atoms with Crippen LogP contribution in [0, 0.1) is 0 Å². The Bertz CT molecular complexity index is 1500. The molecule has 0 spiro atoms. The molecule has 1 atom stereocenters. The number of amides is 1. The van der Waals surface area contributed by atoms with E-state index in [1.807, 2.05) is 41.2 Å². The molecule has 4 aromatic rings. The first-order valence-corrected chi connectivity index (χ1v) is 15.0. The van der Waals surface area contributed by atoms with Crippen molar-refractivity contribution in [2.45, 2.75) is 54.7 Å². The standard InChI is InChI=1S/C32H35N5O2S/c1-33-32(38)27-8-2-3-9-30(27)40-25-14-15-26-28(35-37(29(26)20-25)31-10-4-7-19-39-31)16-13-24-12-11-23(21-34-24)22-36-17-5-6-18-36/h2-3,8-9,11-16,20-21,31H,4-7,10,17-19,22H2,1H3,(H,33,38)/b16-13+. The number of fused-ring (bicyclic) bond motifs is 1. The molecule has 2 saturated heterocycles. The number of carbonyl (C=O) groups excluding carboxylic acids is 1. The van der Waals surface area contributed by atoms with Crippen molar-refractivity contribution >= 4 is 40.7 Å². The maximum absolute atomic E-state index is 12.4. The Labute approximate surface area is 239 Å². The third kappa shape index (κ3) is 5.99. The zero-order valence-corrected chi connectivity index (χ0v) is 23.7. The normalized spacial score (nSPS) is 18.1. The number of benzene rings is 2. The van der Waals surface area contributed by atoms with Crippen molar-refractivity contribution in [1.82, 2.24) is 25.0 Å². The summed E-state index contributed by atoms with van der Waals surface area (Å²) in [6.45, 7) is 4.09. The Morgan fingerprint density at radius 3 is 2.73 bits per heavy atom. The molecule has 2 aliphatic rings. The summed E-state index contributed by atoms with van der Waals surface area (Å²) >= 11 is 1.59. The van der Waals surface area contributed by atoms with E-state index < -0.39 is 0 Å². The lowest BCUT2D eigenvalue weighted by atomic mass is 10.1. The number of nitrogens with zero attached hydrogens (tertiary/aromatic N) is 4. The molecule has 8 heteroatoms. The number of carbonyl (C=O) groups is 1. The van der Waals surface area contributed by atoms with E-state index in [1.165, 1.54) is 31.5 Å². The van der Waals surface area contributed by atoms with Crippen LogP contribution in [0.1, 0.15) is 65.6 Å². The summed E-state index contributed by atoms with van der Waals surface area (Å²) in [7, 11) is 1.66. The first kappa shape index (κ1) is 26.7. The molecule has 0 aliphatic carbocycles. The average Bonchev–Trinajstić information content (AvgIpc) is 3.65. The lowest BCUT2D eigenvalue weighted by Crippen LogP contribution is -2.19. The second-order valence-electron chi connectivity index (χ2n) is 10.4. The van der Waals surface area contributed by atoms with Crippen molar-refractivity contribution in [3.8, 4) is 0 Å². The summed E-state index contributed by atoms with van der Waals surface area (Å²) in [5.74, 6) is -0.0880. The second-order valence-corrected chi connectivity index (χ2v) is 11.5. The van der Waals surface area contributed by atoms with Gasteiger partial charge in [0.05, 0.1) is 22.5 Å². The Hall–Kier alpha value is -3.46. The van der Waals surface area contributed by atoms with E-state index in [0.717, 1.165) is 64.5 Å². The van der Waals surface area contributed by atoms with Gasteiger partial charge >= 0.3 is 0 Å². The third-order valence-corrected chi connectivity index (χ3v) is 8.65. The molecular formula is C32H35N5O2S. The lowest BCUT2D eigenvalue weighted by Gasteiger charge is -2.23. The highest BCUT2D eigenvalue weighted by Gasteiger charge is 2.21. The Morgan fingerprint density at radius 2 is 1.95 bits per heavy atom. The summed E-state index contributed by atoms with van der Waals surface area (Å²) in [6.07, 6.45) is 11.7. The van der Waals surface area contributed by atoms with Gasteiger partial charge in [0.25, 0.3) is 5.91 Å². The van der Waals surface area contributed by atoms with Crippen LogP contribution in [-0.2, 0) is 11.3 Å². The maximum Gasteiger partial charge on any atom is 0.252 e. The van der Waals surface area contributed by atoms with Crippen molar-refractivity contribution in [1.29, 1.82) is 0 Å². The molecule has 2 aromatic carbocycles. The summed E-state index contributed by atoms with van der Waals surface area (Å²) in [4.78, 5) is 21.6. The Balaban J connectivity index is 1.29. The van der Waals surface area contributed by atoms with Gasteiger partial charge in [0, 0.05) is 41.6 Å². The van der Waals surface area contributed by atoms with Crippen molar-refractivity contribution in [3.63, 3.8) is 0 Å². The van der Waals surface area contributed by atoms with Crippen LogP contribution in [0.25, 0.3) is 23.1 Å². The van der Waals surface area contributed by atoms with E-state index in [4.69, 9.17) is 14.8 Å². The zero-order valence-electron chi connectivity index (χ0n) is 22.9. The third-order valence-electron chi connectivity index (χ3n) is 7.59. The summed E-state index contributed by atoms with van der Waals surface area (Å²) in [5, 5.41) is 8.83. The minimum atomic E-state index is -0.0880. The van der Waals surface area contributed by atoms with Crippen LogP contribution in [0.15, 0.2) is 70.6 Å². The highest BCUT2D eigenvalue weighted by Crippen LogP contribution is 2.35. The molecule has 6 rings (SSSR count). The SMILES string of the molecule is CNC(=O)c1ccccc1Sc1ccc2c(/C=C/c3ccc(CN4CCCC4)cn3)nn(C3CCCCO3)c2c1. The maximum atomic E-state index is 12.4. The number of likely N-dealkylation sites (tertiary alicyclic amines) is 1. The molecule has 1 amide bonds. The molecule has 4 heterocycles. The van der Waals surface area contributed by atoms with Gasteiger partial charge in [0.15, 0.2) is 6.23 Å². The van der Waals surface area contributed by atoms with Gasteiger partial charge in [-0.1, -0.05) is 30.0 Å². The fourth-order valence-corrected chi connectivity index (χ4v) is 6.44. The fourth-order valence-electron chi connectivity index (χ4n) is 5.46. The average molecular weight is 554 g/mol. The van der Waals surface area contributed by atoms with Crippen molar-refractivity contribution in [3.05, 3.63) is 83.3 Å². The number of hydrogen-bond donors (Lipinski definition) is 1. The largest absolute Gasteiger partial charge is 0.356 e. The van der Waals surface area contributed by atoms with Crippen LogP contribution >= 0.6 is 11.8 Å². The number of pyridine rings is 1. The molecule has 7 nitrogen and oxygen atoms in total. The van der Waals surface area contributed by atoms with Crippen LogP contribution in [0.5, 0.6) is 0 Å². The van der Waals surface area contributed by atoms with Gasteiger partial charge in [0.1, 0.15) is 0 Å². The smallest absolute Gasteiger partial charge is 0.252 e. The van der Waals surface area contributed by atoms with Crippen LogP contribution in [-0.4, -0.2) is 52.3 Å². The van der Waals surface area contributed by atoms with Gasteiger partial charge in [-0.25, -0.2) is 4.68 Å². The van der Waals surface area contributed by atoms with E-state index >= 15 is 0 Å². The van der Waals surface area contributed by atoms with Gasteiger partial charge in [-0.3, -0.25) is 14.7 Å². The van der Waals surface area contributed by atoms with E-state index in [1.54, 1.807) is 18.8 Å². The van der Waals surface area contributed by atoms with E-state index in [-0.39, 0.29) is 12.1 Å². The number of ether oxygens (including phenoxy) is 1. The predicted octanol–water partition coefficient (Wildman–Crippen LogP) is 6.41. The molecule has 40 heavy (non-hydrogen) atoms. The molecule has 2 aliphatic heterocycles. The highest BCUT2D eigenvalue weighted by molar-refractivity contribution is 7.99. The molecular weight excluding hydrogens is 518 g/mol. The minimum absolute atomic E-state index is 0.0835. The van der Waals surface area contributed by atoms with Gasteiger partial charge < -0.3 is 10.1 Å². The molecule has 2 aromatic heterocycles. The fraction of sp³-hybridized carbons (Fsp3) is 0.344. The van der Waals surface area contributed by atoms with Gasteiger partial charge in [-0.05, 0) is 99.3 Å². The van der Waals surface area contributed by atoms with E-state index in [2.05, 4.69) is 46.6 Å². The number of aromatic nitrogens is 3. The van der Waals surface area contributed by atoms with Crippen molar-refractivity contribution in [2.24, 2.45) is 0 Å². The zero-order chi connectivity index (χ0) is 27.3. The lowest BCUT2D eigenvalue weighted by molar-refractivity contribution is -0.0367. The monoisotopic (exact) mass is 553 g/mol. The predicted molar refractivity (Wildman–Crippen MR) is 160 cm³/mol. The molecule has 206 valence electrons. The molecule has 0 saturated carbocycles. The second kappa shape index (κ2) is 12.4. The van der Waals surface area contributed by atoms with Crippen LogP contribution < -0.4 is 5.32 Å². The molecule has 2 fully saturated rings. The van der Waals surface area contributed by atoms with Gasteiger partial charge in [-0.15, -0.1) is 0 Å². The highest BCUT2D eigenvalue weighted by atomic mass is 32.2. The van der Waals surface area contributed by atoms with Crippen molar-refractivity contribution in [2.75, 3.05) is 26.7 Å². The summed E-state index contributed by atoms with van der Waals surface area (Å²) in [6, 6.07) is 18.3. The van der Waals surface area contributed by atoms with Crippen molar-refractivity contribution < 1.29 is 9.53 Å². The molecule has 1 unspecified atom stereocenters. The van der Waals surface area contributed by atoms with Crippen LogP contribution in [0.4, 0.5) is 0 Å². The van der Waals surface area contributed by atoms with Gasteiger partial charge in [0.2, 0.25) is 0 Å². The van der Waals surface area contributed by atoms with E-state index in [9.17, 15) is 4.79 Å². The first-order valence-electron chi connectivity index (χ1n) is 14.2. The van der Waals surface area contributed by atoms with Crippen LogP contribution in [0.2, 0.25) is 0 Å². The minimum Gasteiger partial charge on any atom is -0.356 e. The Morgan fingerprint density at radius 1 is 1.07 bits per heavy atom. The molecule has 0 bridgehead atoms. The number of hydrogen-bond acceptors (Lipinski definition) is 6. The topological polar surface area (TPSA) is 72.3 Å². The van der Waals surface area contributed by atoms with Crippen LogP contribution in [0.3, 0.4) is 0 Å². The number of nitrogens with one attached hydrogen (secondary N) is 1. The van der Waals surface area contributed by atoms with Gasteiger partial charge in [-0.2, -0.15) is 5.10 Å². The van der Waals surface area contributed by atoms with E-state index in [0.29, 0.717) is 5.56 Å². The number of rotatable bonds is 8. The first-order chi connectivity index (χ1) is 19.7. The quantitative estimate of drug-likeness (QED) is 0.272. The Kier molecular flexibility index (Phi) is 8.27. The molecule has 0 radical (unpaired) electrons. The summed E-state index contributed by atoms with van der Waals surface area (Å²) in [5.41, 5.74) is 4.77.